The molecule has 1 saturated heterocycles. The standard InChI is InChI=1S/C10H14N2O2/c1-2-4-10-9(5-8-13-14-10)12-7-3-6-11-12/h2,5,8,11H,1,3-4,6-7H2. The van der Waals surface area contributed by atoms with E-state index >= 15 is 0 Å². The number of rotatable bonds is 3. The van der Waals surface area contributed by atoms with Crippen molar-refractivity contribution in [2.45, 2.75) is 12.8 Å². The number of hydrogen-bond acceptors (Lipinski definition) is 4. The Morgan fingerprint density at radius 1 is 1.64 bits per heavy atom. The molecule has 4 heteroatoms. The molecular weight excluding hydrogens is 180 g/mol. The zero-order valence-corrected chi connectivity index (χ0v) is 8.03. The molecule has 14 heavy (non-hydrogen) atoms. The lowest BCUT2D eigenvalue weighted by Crippen LogP contribution is -2.31. The summed E-state index contributed by atoms with van der Waals surface area (Å²) >= 11 is 0. The van der Waals surface area contributed by atoms with Crippen LogP contribution in [0.5, 0.6) is 0 Å². The molecule has 0 aromatic heterocycles. The van der Waals surface area contributed by atoms with Crippen molar-refractivity contribution in [1.82, 2.24) is 10.4 Å². The van der Waals surface area contributed by atoms with E-state index < -0.39 is 0 Å². The Balaban J connectivity index is 2.17. The lowest BCUT2D eigenvalue weighted by atomic mass is 10.2. The van der Waals surface area contributed by atoms with Crippen LogP contribution in [-0.4, -0.2) is 18.1 Å². The molecule has 2 heterocycles. The first-order chi connectivity index (χ1) is 6.92. The molecule has 2 aliphatic heterocycles. The Labute approximate surface area is 83.4 Å². The van der Waals surface area contributed by atoms with Crippen molar-refractivity contribution < 1.29 is 9.78 Å². The first-order valence-electron chi connectivity index (χ1n) is 4.77. The van der Waals surface area contributed by atoms with E-state index in [4.69, 9.17) is 9.78 Å². The van der Waals surface area contributed by atoms with E-state index in [-0.39, 0.29) is 0 Å². The fourth-order valence-electron chi connectivity index (χ4n) is 1.56. The highest BCUT2D eigenvalue weighted by atomic mass is 17.2. The van der Waals surface area contributed by atoms with Crippen LogP contribution in [0.3, 0.4) is 0 Å². The lowest BCUT2D eigenvalue weighted by molar-refractivity contribution is -0.218. The SMILES string of the molecule is C=CCC1=C(N2CCCN2)C=COO1. The van der Waals surface area contributed by atoms with Gasteiger partial charge < -0.3 is 5.01 Å². The Morgan fingerprint density at radius 3 is 3.29 bits per heavy atom. The van der Waals surface area contributed by atoms with Gasteiger partial charge in [-0.15, -0.1) is 6.58 Å². The summed E-state index contributed by atoms with van der Waals surface area (Å²) in [5, 5.41) is 2.08. The van der Waals surface area contributed by atoms with Crippen LogP contribution in [0, 0.1) is 0 Å². The molecule has 0 aliphatic carbocycles. The maximum atomic E-state index is 5.08. The fourth-order valence-corrected chi connectivity index (χ4v) is 1.56. The van der Waals surface area contributed by atoms with Crippen LogP contribution in [-0.2, 0) is 9.78 Å². The maximum absolute atomic E-state index is 5.08. The van der Waals surface area contributed by atoms with E-state index in [0.717, 1.165) is 31.0 Å². The van der Waals surface area contributed by atoms with Crippen molar-refractivity contribution in [2.24, 2.45) is 0 Å². The van der Waals surface area contributed by atoms with Crippen LogP contribution >= 0.6 is 0 Å². The summed E-state index contributed by atoms with van der Waals surface area (Å²) in [4.78, 5) is 9.87. The molecule has 0 amide bonds. The van der Waals surface area contributed by atoms with Gasteiger partial charge in [-0.1, -0.05) is 6.08 Å². The van der Waals surface area contributed by atoms with Gasteiger partial charge >= 0.3 is 0 Å². The van der Waals surface area contributed by atoms with Crippen molar-refractivity contribution in [1.29, 1.82) is 0 Å². The normalized spacial score (nSPS) is 20.7. The smallest absolute Gasteiger partial charge is 0.184 e. The van der Waals surface area contributed by atoms with Gasteiger partial charge in [0.15, 0.2) is 5.76 Å². The van der Waals surface area contributed by atoms with Crippen LogP contribution in [0.2, 0.25) is 0 Å². The fraction of sp³-hybridized carbons (Fsp3) is 0.400. The summed E-state index contributed by atoms with van der Waals surface area (Å²) in [6.45, 7) is 5.70. The topological polar surface area (TPSA) is 33.7 Å². The number of hydrazine groups is 1. The average molecular weight is 194 g/mol. The molecule has 0 spiro atoms. The molecule has 0 atom stereocenters. The largest absolute Gasteiger partial charge is 0.305 e. The van der Waals surface area contributed by atoms with Gasteiger partial charge in [0.25, 0.3) is 0 Å². The van der Waals surface area contributed by atoms with Crippen LogP contribution in [0.4, 0.5) is 0 Å². The minimum atomic E-state index is 0.678. The Kier molecular flexibility index (Phi) is 2.74. The van der Waals surface area contributed by atoms with Gasteiger partial charge in [-0.25, -0.2) is 5.43 Å². The van der Waals surface area contributed by atoms with E-state index in [0.29, 0.717) is 6.42 Å². The molecule has 0 unspecified atom stereocenters. The molecule has 0 aromatic carbocycles. The predicted molar refractivity (Wildman–Crippen MR) is 52.5 cm³/mol. The summed E-state index contributed by atoms with van der Waals surface area (Å²) in [7, 11) is 0. The third kappa shape index (κ3) is 1.75. The monoisotopic (exact) mass is 194 g/mol. The molecular formula is C10H14N2O2. The zero-order chi connectivity index (χ0) is 9.80. The van der Waals surface area contributed by atoms with Gasteiger partial charge in [0.2, 0.25) is 0 Å². The average Bonchev–Trinajstić information content (AvgIpc) is 2.72. The van der Waals surface area contributed by atoms with E-state index in [1.165, 1.54) is 0 Å². The first-order valence-corrected chi connectivity index (χ1v) is 4.77. The molecule has 0 bridgehead atoms. The van der Waals surface area contributed by atoms with Gasteiger partial charge in [-0.2, -0.15) is 0 Å². The second kappa shape index (κ2) is 4.19. The van der Waals surface area contributed by atoms with Crippen LogP contribution in [0.25, 0.3) is 0 Å². The minimum Gasteiger partial charge on any atom is -0.305 e. The van der Waals surface area contributed by atoms with E-state index in [1.54, 1.807) is 12.3 Å². The molecule has 76 valence electrons. The van der Waals surface area contributed by atoms with E-state index in [9.17, 15) is 0 Å². The maximum Gasteiger partial charge on any atom is 0.184 e. The molecule has 0 radical (unpaired) electrons. The molecule has 1 fully saturated rings. The molecule has 0 aromatic rings. The summed E-state index contributed by atoms with van der Waals surface area (Å²) in [6, 6.07) is 0. The van der Waals surface area contributed by atoms with Gasteiger partial charge in [0.1, 0.15) is 6.26 Å². The van der Waals surface area contributed by atoms with Gasteiger partial charge in [0.05, 0.1) is 5.70 Å². The van der Waals surface area contributed by atoms with Gasteiger partial charge in [-0.05, 0) is 6.42 Å². The molecule has 0 saturated carbocycles. The zero-order valence-electron chi connectivity index (χ0n) is 8.03. The highest BCUT2D eigenvalue weighted by Gasteiger charge is 2.19. The summed E-state index contributed by atoms with van der Waals surface area (Å²) in [6.07, 6.45) is 7.08. The summed E-state index contributed by atoms with van der Waals surface area (Å²) in [5.41, 5.74) is 4.30. The second-order valence-electron chi connectivity index (χ2n) is 3.20. The quantitative estimate of drug-likeness (QED) is 0.544. The van der Waals surface area contributed by atoms with Crippen molar-refractivity contribution in [3.05, 3.63) is 36.4 Å². The Morgan fingerprint density at radius 2 is 2.57 bits per heavy atom. The van der Waals surface area contributed by atoms with Crippen molar-refractivity contribution in [2.75, 3.05) is 13.1 Å². The number of allylic oxidation sites excluding steroid dienone is 2. The Bertz CT molecular complexity index is 278. The minimum absolute atomic E-state index is 0.678. The van der Waals surface area contributed by atoms with Crippen molar-refractivity contribution in [3.8, 4) is 0 Å². The van der Waals surface area contributed by atoms with Crippen LogP contribution < -0.4 is 5.43 Å². The third-order valence-electron chi connectivity index (χ3n) is 2.20. The number of nitrogens with zero attached hydrogens (tertiary/aromatic N) is 1. The van der Waals surface area contributed by atoms with E-state index in [2.05, 4.69) is 17.0 Å². The lowest BCUT2D eigenvalue weighted by Gasteiger charge is -2.23. The highest BCUT2D eigenvalue weighted by molar-refractivity contribution is 5.23. The van der Waals surface area contributed by atoms with Crippen LogP contribution in [0.1, 0.15) is 12.8 Å². The summed E-state index contributed by atoms with van der Waals surface area (Å²) < 4.78 is 0. The molecule has 1 N–H and O–H groups in total. The highest BCUT2D eigenvalue weighted by Crippen LogP contribution is 2.21. The first kappa shape index (κ1) is 9.15. The van der Waals surface area contributed by atoms with Gasteiger partial charge in [-0.3, -0.25) is 9.78 Å². The molecule has 2 aliphatic rings. The van der Waals surface area contributed by atoms with Crippen molar-refractivity contribution in [3.63, 3.8) is 0 Å². The molecule has 2 rings (SSSR count). The number of nitrogens with one attached hydrogen (secondary N) is 1. The summed E-state index contributed by atoms with van der Waals surface area (Å²) in [5.74, 6) is 0.803. The predicted octanol–water partition coefficient (Wildman–Crippen LogP) is 1.46. The third-order valence-corrected chi connectivity index (χ3v) is 2.20. The van der Waals surface area contributed by atoms with Gasteiger partial charge in [0, 0.05) is 25.6 Å². The van der Waals surface area contributed by atoms with Crippen LogP contribution in [0.15, 0.2) is 36.4 Å². The second-order valence-corrected chi connectivity index (χ2v) is 3.20. The van der Waals surface area contributed by atoms with Crippen molar-refractivity contribution >= 4 is 0 Å². The number of hydrogen-bond donors (Lipinski definition) is 1. The molecule has 4 nitrogen and oxygen atoms in total. The Hall–Kier alpha value is -1.42. The van der Waals surface area contributed by atoms with E-state index in [1.807, 2.05) is 6.08 Å².